The molecule has 0 bridgehead atoms. The van der Waals surface area contributed by atoms with Crippen LogP contribution in [0.25, 0.3) is 16.9 Å². The number of benzene rings is 3. The topological polar surface area (TPSA) is 45.6 Å². The van der Waals surface area contributed by atoms with E-state index >= 15 is 0 Å². The second kappa shape index (κ2) is 10.2. The number of carbonyl (C=O) groups is 2. The molecule has 0 saturated carbocycles. The van der Waals surface area contributed by atoms with Crippen molar-refractivity contribution in [1.82, 2.24) is 14.4 Å². The maximum atomic E-state index is 14.1. The van der Waals surface area contributed by atoms with Crippen molar-refractivity contribution in [3.63, 3.8) is 0 Å². The van der Waals surface area contributed by atoms with Gasteiger partial charge >= 0.3 is 0 Å². The Bertz CT molecular complexity index is 1470. The largest absolute Gasteiger partial charge is 0.335 e. The third kappa shape index (κ3) is 4.89. The van der Waals surface area contributed by atoms with E-state index in [9.17, 15) is 14.0 Å². The van der Waals surface area contributed by atoms with Crippen LogP contribution in [0.15, 0.2) is 78.9 Å². The molecule has 0 aliphatic carbocycles. The molecule has 2 heterocycles. The molecule has 188 valence electrons. The summed E-state index contributed by atoms with van der Waals surface area (Å²) in [5.41, 5.74) is 5.18. The second-order valence-electron chi connectivity index (χ2n) is 9.25. The molecular formula is C30H27ClFN3O2. The van der Waals surface area contributed by atoms with Crippen molar-refractivity contribution in [2.24, 2.45) is 0 Å². The molecule has 0 spiro atoms. The molecule has 0 unspecified atom stereocenters. The van der Waals surface area contributed by atoms with E-state index in [0.29, 0.717) is 48.0 Å². The van der Waals surface area contributed by atoms with Crippen molar-refractivity contribution in [2.75, 3.05) is 26.2 Å². The van der Waals surface area contributed by atoms with E-state index < -0.39 is 0 Å². The number of carbonyl (C=O) groups excluding carboxylic acids is 2. The predicted octanol–water partition coefficient (Wildman–Crippen LogP) is 6.15. The molecule has 0 radical (unpaired) electrons. The average molecular weight is 516 g/mol. The Balaban J connectivity index is 1.43. The monoisotopic (exact) mass is 515 g/mol. The molecule has 1 aliphatic rings. The summed E-state index contributed by atoms with van der Waals surface area (Å²) in [6.45, 7) is 5.61. The van der Waals surface area contributed by atoms with Gasteiger partial charge in [0.2, 0.25) is 0 Å². The van der Waals surface area contributed by atoms with E-state index in [-0.39, 0.29) is 17.6 Å². The van der Waals surface area contributed by atoms with Gasteiger partial charge in [-0.05, 0) is 67.4 Å². The van der Waals surface area contributed by atoms with Crippen molar-refractivity contribution < 1.29 is 14.0 Å². The first-order valence-electron chi connectivity index (χ1n) is 12.2. The Labute approximate surface area is 220 Å². The number of rotatable bonds is 4. The number of hydrogen-bond donors (Lipinski definition) is 0. The van der Waals surface area contributed by atoms with Gasteiger partial charge in [0.25, 0.3) is 11.8 Å². The summed E-state index contributed by atoms with van der Waals surface area (Å²) in [4.78, 5) is 30.3. The third-order valence-electron chi connectivity index (χ3n) is 6.91. The molecular weight excluding hydrogens is 489 g/mol. The summed E-state index contributed by atoms with van der Waals surface area (Å²) in [5.74, 6) is -0.468. The number of aromatic nitrogens is 1. The van der Waals surface area contributed by atoms with Gasteiger partial charge in [-0.15, -0.1) is 0 Å². The number of amides is 2. The molecule has 5 nitrogen and oxygen atoms in total. The SMILES string of the molecule is Cc1ccccc1C(=O)N1CCN(C(=O)c2cc(-c3ccc(Cl)cc3)n(-c3cccc(F)c3)c2C)CC1. The van der Waals surface area contributed by atoms with Crippen LogP contribution in [0.5, 0.6) is 0 Å². The molecule has 1 aliphatic heterocycles. The fourth-order valence-electron chi connectivity index (χ4n) is 4.87. The lowest BCUT2D eigenvalue weighted by molar-refractivity contribution is 0.0534. The molecule has 5 rings (SSSR count). The second-order valence-corrected chi connectivity index (χ2v) is 9.69. The van der Waals surface area contributed by atoms with E-state index in [4.69, 9.17) is 11.6 Å². The van der Waals surface area contributed by atoms with Crippen LogP contribution in [-0.4, -0.2) is 52.4 Å². The molecule has 1 aromatic heterocycles. The number of nitrogens with zero attached hydrogens (tertiary/aromatic N) is 3. The van der Waals surface area contributed by atoms with Crippen LogP contribution >= 0.6 is 11.6 Å². The van der Waals surface area contributed by atoms with Crippen LogP contribution in [-0.2, 0) is 0 Å². The number of hydrogen-bond acceptors (Lipinski definition) is 2. The van der Waals surface area contributed by atoms with Crippen molar-refractivity contribution in [2.45, 2.75) is 13.8 Å². The number of aryl methyl sites for hydroxylation is 1. The predicted molar refractivity (Wildman–Crippen MR) is 144 cm³/mol. The lowest BCUT2D eigenvalue weighted by atomic mass is 10.1. The van der Waals surface area contributed by atoms with Crippen LogP contribution in [0, 0.1) is 19.7 Å². The molecule has 3 aromatic carbocycles. The Morgan fingerprint density at radius 2 is 1.38 bits per heavy atom. The Morgan fingerprint density at radius 1 is 0.757 bits per heavy atom. The van der Waals surface area contributed by atoms with Crippen LogP contribution in [0.4, 0.5) is 4.39 Å². The molecule has 1 saturated heterocycles. The summed E-state index contributed by atoms with van der Waals surface area (Å²) in [6.07, 6.45) is 0. The van der Waals surface area contributed by atoms with Gasteiger partial charge in [-0.25, -0.2) is 4.39 Å². The first-order valence-corrected chi connectivity index (χ1v) is 12.6. The summed E-state index contributed by atoms with van der Waals surface area (Å²) >= 11 is 6.10. The molecule has 7 heteroatoms. The van der Waals surface area contributed by atoms with Crippen LogP contribution in [0.1, 0.15) is 32.0 Å². The van der Waals surface area contributed by atoms with Gasteiger partial charge in [0.1, 0.15) is 5.82 Å². The Morgan fingerprint density at radius 3 is 2.00 bits per heavy atom. The zero-order valence-electron chi connectivity index (χ0n) is 20.7. The van der Waals surface area contributed by atoms with Crippen molar-refractivity contribution in [3.8, 4) is 16.9 Å². The van der Waals surface area contributed by atoms with Crippen molar-refractivity contribution in [3.05, 3.63) is 112 Å². The van der Waals surface area contributed by atoms with E-state index in [1.54, 1.807) is 28.0 Å². The summed E-state index contributed by atoms with van der Waals surface area (Å²) in [5, 5.41) is 0.610. The standard InChI is InChI=1S/C30H27ClFN3O2/c1-20-6-3-4-9-26(20)29(36)33-14-16-34(17-15-33)30(37)27-19-28(22-10-12-23(31)13-11-22)35(21(27)2)25-8-5-7-24(32)18-25/h3-13,18-19H,14-17H2,1-2H3. The molecule has 4 aromatic rings. The lowest BCUT2D eigenvalue weighted by Crippen LogP contribution is -2.50. The third-order valence-corrected chi connectivity index (χ3v) is 7.17. The quantitative estimate of drug-likeness (QED) is 0.327. The van der Waals surface area contributed by atoms with Gasteiger partial charge in [0.05, 0.1) is 11.3 Å². The molecule has 0 atom stereocenters. The van der Waals surface area contributed by atoms with E-state index in [1.165, 1.54) is 12.1 Å². The maximum absolute atomic E-state index is 14.1. The normalized spacial score (nSPS) is 13.6. The number of halogens is 2. The van der Waals surface area contributed by atoms with Gasteiger partial charge in [-0.3, -0.25) is 9.59 Å². The zero-order valence-corrected chi connectivity index (χ0v) is 21.5. The van der Waals surface area contributed by atoms with Crippen LogP contribution in [0.2, 0.25) is 5.02 Å². The summed E-state index contributed by atoms with van der Waals surface area (Å²) in [6, 6.07) is 23.1. The zero-order chi connectivity index (χ0) is 26.1. The first-order chi connectivity index (χ1) is 17.8. The van der Waals surface area contributed by atoms with Crippen LogP contribution < -0.4 is 0 Å². The fraction of sp³-hybridized carbons (Fsp3) is 0.200. The van der Waals surface area contributed by atoms with Gasteiger partial charge in [-0.2, -0.15) is 0 Å². The van der Waals surface area contributed by atoms with Gasteiger partial charge in [-0.1, -0.05) is 48.0 Å². The Kier molecular flexibility index (Phi) is 6.85. The maximum Gasteiger partial charge on any atom is 0.255 e. The van der Waals surface area contributed by atoms with E-state index in [0.717, 1.165) is 22.5 Å². The molecule has 2 amide bonds. The smallest absolute Gasteiger partial charge is 0.255 e. The van der Waals surface area contributed by atoms with Gasteiger partial charge < -0.3 is 14.4 Å². The molecule has 37 heavy (non-hydrogen) atoms. The summed E-state index contributed by atoms with van der Waals surface area (Å²) in [7, 11) is 0. The van der Waals surface area contributed by atoms with Crippen molar-refractivity contribution >= 4 is 23.4 Å². The van der Waals surface area contributed by atoms with Gasteiger partial charge in [0, 0.05) is 48.1 Å². The van der Waals surface area contributed by atoms with Crippen molar-refractivity contribution in [1.29, 1.82) is 0 Å². The fourth-order valence-corrected chi connectivity index (χ4v) is 5.00. The van der Waals surface area contributed by atoms with E-state index in [1.807, 2.05) is 66.9 Å². The van der Waals surface area contributed by atoms with Crippen LogP contribution in [0.3, 0.4) is 0 Å². The lowest BCUT2D eigenvalue weighted by Gasteiger charge is -2.35. The first kappa shape index (κ1) is 24.8. The highest BCUT2D eigenvalue weighted by Crippen LogP contribution is 2.31. The average Bonchev–Trinajstić information content (AvgIpc) is 3.25. The minimum atomic E-state index is -0.352. The minimum Gasteiger partial charge on any atom is -0.335 e. The Hall–Kier alpha value is -3.90. The molecule has 0 N–H and O–H groups in total. The molecule has 1 fully saturated rings. The highest BCUT2D eigenvalue weighted by molar-refractivity contribution is 6.30. The van der Waals surface area contributed by atoms with Gasteiger partial charge in [0.15, 0.2) is 0 Å². The van der Waals surface area contributed by atoms with E-state index in [2.05, 4.69) is 0 Å². The number of piperazine rings is 1. The minimum absolute atomic E-state index is 0.0105. The highest BCUT2D eigenvalue weighted by atomic mass is 35.5. The highest BCUT2D eigenvalue weighted by Gasteiger charge is 2.29. The summed E-state index contributed by atoms with van der Waals surface area (Å²) < 4.78 is 16.0.